The van der Waals surface area contributed by atoms with Gasteiger partial charge in [-0.05, 0) is 56.0 Å². The molecule has 0 aromatic heterocycles. The summed E-state index contributed by atoms with van der Waals surface area (Å²) in [6.45, 7) is 9.20. The van der Waals surface area contributed by atoms with Gasteiger partial charge in [0.1, 0.15) is 0 Å². The average molecular weight is 514 g/mol. The molecule has 3 aromatic rings. The summed E-state index contributed by atoms with van der Waals surface area (Å²) in [5.74, 6) is 1.06. The summed E-state index contributed by atoms with van der Waals surface area (Å²) in [4.78, 5) is 13.4. The van der Waals surface area contributed by atoms with Gasteiger partial charge in [0.05, 0.1) is 30.2 Å². The third-order valence-corrected chi connectivity index (χ3v) is 6.86. The van der Waals surface area contributed by atoms with Gasteiger partial charge in [0.15, 0.2) is 11.5 Å². The fraction of sp³-hybridized carbons (Fsp3) is 0.344. The van der Waals surface area contributed by atoms with Crippen LogP contribution in [0, 0.1) is 0 Å². The highest BCUT2D eigenvalue weighted by molar-refractivity contribution is 6.37. The van der Waals surface area contributed by atoms with E-state index in [1.54, 1.807) is 0 Å². The van der Waals surface area contributed by atoms with Crippen molar-refractivity contribution in [2.45, 2.75) is 58.9 Å². The molecule has 0 spiro atoms. The molecule has 1 heterocycles. The van der Waals surface area contributed by atoms with Crippen LogP contribution < -0.4 is 25.8 Å². The molecule has 0 unspecified atom stereocenters. The molecule has 0 radical (unpaired) electrons. The van der Waals surface area contributed by atoms with E-state index in [0.29, 0.717) is 36.0 Å². The van der Waals surface area contributed by atoms with E-state index in [0.717, 1.165) is 53.8 Å². The number of ether oxygens (including phenoxy) is 2. The monoisotopic (exact) mass is 513 g/mol. The standard InChI is InChI=1S/C32H39N3O3/c1-5-18-32(33,19-6-2)23-14-16-24(17-15-23)34-30(22-12-10-9-11-13-22)29-25-20-27(37-7-3)28(38-8-4)21-26(25)35-31(29)36/h9-17,20-21,34H,5-8,18-19,33H2,1-4H3,(H,35,36)/b30-29-. The lowest BCUT2D eigenvalue weighted by Crippen LogP contribution is -2.36. The molecule has 38 heavy (non-hydrogen) atoms. The quantitative estimate of drug-likeness (QED) is 0.224. The molecule has 0 fully saturated rings. The zero-order valence-corrected chi connectivity index (χ0v) is 22.9. The van der Waals surface area contributed by atoms with E-state index in [1.165, 1.54) is 0 Å². The molecule has 4 rings (SSSR count). The maximum atomic E-state index is 13.4. The molecule has 3 aromatic carbocycles. The summed E-state index contributed by atoms with van der Waals surface area (Å²) in [6, 6.07) is 21.9. The molecule has 0 aliphatic carbocycles. The van der Waals surface area contributed by atoms with Gasteiger partial charge in [-0.25, -0.2) is 0 Å². The van der Waals surface area contributed by atoms with Gasteiger partial charge in [-0.15, -0.1) is 0 Å². The first-order valence-corrected chi connectivity index (χ1v) is 13.7. The van der Waals surface area contributed by atoms with E-state index in [9.17, 15) is 4.79 Å². The van der Waals surface area contributed by atoms with E-state index in [2.05, 4.69) is 36.6 Å². The number of carbonyl (C=O) groups is 1. The fourth-order valence-corrected chi connectivity index (χ4v) is 5.18. The third kappa shape index (κ3) is 5.70. The molecule has 0 bridgehead atoms. The highest BCUT2D eigenvalue weighted by Gasteiger charge is 2.31. The Morgan fingerprint density at radius 1 is 0.868 bits per heavy atom. The normalized spacial score (nSPS) is 14.1. The highest BCUT2D eigenvalue weighted by atomic mass is 16.5. The summed E-state index contributed by atoms with van der Waals surface area (Å²) in [5, 5.41) is 6.57. The average Bonchev–Trinajstić information content (AvgIpc) is 3.23. The van der Waals surface area contributed by atoms with Crippen molar-refractivity contribution in [2.75, 3.05) is 23.8 Å². The molecule has 0 saturated carbocycles. The van der Waals surface area contributed by atoms with Crippen LogP contribution in [0.2, 0.25) is 0 Å². The predicted molar refractivity (Wildman–Crippen MR) is 156 cm³/mol. The summed E-state index contributed by atoms with van der Waals surface area (Å²) in [6.07, 6.45) is 3.94. The summed E-state index contributed by atoms with van der Waals surface area (Å²) >= 11 is 0. The number of hydrogen-bond donors (Lipinski definition) is 3. The summed E-state index contributed by atoms with van der Waals surface area (Å²) in [7, 11) is 0. The smallest absolute Gasteiger partial charge is 0.258 e. The number of carbonyl (C=O) groups excluding carboxylic acids is 1. The first kappa shape index (κ1) is 27.3. The minimum Gasteiger partial charge on any atom is -0.490 e. The highest BCUT2D eigenvalue weighted by Crippen LogP contribution is 2.43. The predicted octanol–water partition coefficient (Wildman–Crippen LogP) is 7.17. The Morgan fingerprint density at radius 3 is 2.05 bits per heavy atom. The first-order chi connectivity index (χ1) is 18.4. The van der Waals surface area contributed by atoms with Crippen molar-refractivity contribution in [3.8, 4) is 11.5 Å². The number of nitrogens with one attached hydrogen (secondary N) is 2. The van der Waals surface area contributed by atoms with Crippen LogP contribution >= 0.6 is 0 Å². The van der Waals surface area contributed by atoms with Gasteiger partial charge in [0, 0.05) is 22.9 Å². The van der Waals surface area contributed by atoms with Crippen molar-refractivity contribution in [3.05, 3.63) is 83.4 Å². The van der Waals surface area contributed by atoms with Crippen molar-refractivity contribution in [3.63, 3.8) is 0 Å². The molecular formula is C32H39N3O3. The van der Waals surface area contributed by atoms with Gasteiger partial charge in [-0.1, -0.05) is 69.2 Å². The van der Waals surface area contributed by atoms with E-state index < -0.39 is 0 Å². The van der Waals surface area contributed by atoms with Crippen LogP contribution in [0.3, 0.4) is 0 Å². The van der Waals surface area contributed by atoms with Crippen LogP contribution in [0.4, 0.5) is 11.4 Å². The molecule has 6 nitrogen and oxygen atoms in total. The van der Waals surface area contributed by atoms with Crippen molar-refractivity contribution < 1.29 is 14.3 Å². The second-order valence-corrected chi connectivity index (χ2v) is 9.64. The van der Waals surface area contributed by atoms with Gasteiger partial charge >= 0.3 is 0 Å². The Kier molecular flexibility index (Phi) is 8.74. The second kappa shape index (κ2) is 12.2. The third-order valence-electron chi connectivity index (χ3n) is 6.86. The maximum Gasteiger partial charge on any atom is 0.258 e. The summed E-state index contributed by atoms with van der Waals surface area (Å²) in [5.41, 5.74) is 12.2. The fourth-order valence-electron chi connectivity index (χ4n) is 5.18. The lowest BCUT2D eigenvalue weighted by molar-refractivity contribution is -0.110. The van der Waals surface area contributed by atoms with E-state index in [4.69, 9.17) is 15.2 Å². The molecule has 1 amide bonds. The van der Waals surface area contributed by atoms with Crippen molar-refractivity contribution >= 4 is 28.6 Å². The van der Waals surface area contributed by atoms with Crippen molar-refractivity contribution in [1.29, 1.82) is 0 Å². The molecule has 0 atom stereocenters. The molecule has 0 saturated heterocycles. The second-order valence-electron chi connectivity index (χ2n) is 9.64. The number of fused-ring (bicyclic) bond motifs is 1. The van der Waals surface area contributed by atoms with Gasteiger partial charge < -0.3 is 25.8 Å². The lowest BCUT2D eigenvalue weighted by atomic mass is 9.83. The van der Waals surface area contributed by atoms with Crippen LogP contribution in [0.1, 0.15) is 70.1 Å². The topological polar surface area (TPSA) is 85.6 Å². The molecule has 1 aliphatic heterocycles. The molecule has 200 valence electrons. The zero-order valence-electron chi connectivity index (χ0n) is 22.9. The number of rotatable bonds is 12. The Morgan fingerprint density at radius 2 is 1.47 bits per heavy atom. The maximum absolute atomic E-state index is 13.4. The van der Waals surface area contributed by atoms with Gasteiger partial charge in [-0.3, -0.25) is 4.79 Å². The van der Waals surface area contributed by atoms with Gasteiger partial charge in [0.2, 0.25) is 0 Å². The van der Waals surface area contributed by atoms with Crippen molar-refractivity contribution in [2.24, 2.45) is 5.73 Å². The van der Waals surface area contributed by atoms with Crippen LogP contribution in [0.5, 0.6) is 11.5 Å². The Bertz CT molecular complexity index is 1280. The minimum absolute atomic E-state index is 0.175. The lowest BCUT2D eigenvalue weighted by Gasteiger charge is -2.30. The number of benzene rings is 3. The van der Waals surface area contributed by atoms with Gasteiger partial charge in [-0.2, -0.15) is 0 Å². The van der Waals surface area contributed by atoms with E-state index in [-0.39, 0.29) is 11.4 Å². The number of hydrogen-bond acceptors (Lipinski definition) is 5. The summed E-state index contributed by atoms with van der Waals surface area (Å²) < 4.78 is 11.6. The van der Waals surface area contributed by atoms with Crippen LogP contribution in [0.25, 0.3) is 11.3 Å². The molecule has 6 heteroatoms. The Hall–Kier alpha value is -3.77. The molecule has 4 N–H and O–H groups in total. The van der Waals surface area contributed by atoms with E-state index >= 15 is 0 Å². The Labute approximate surface area is 226 Å². The van der Waals surface area contributed by atoms with Crippen LogP contribution in [-0.2, 0) is 10.3 Å². The minimum atomic E-state index is -0.332. The van der Waals surface area contributed by atoms with E-state index in [1.807, 2.05) is 68.4 Å². The Balaban J connectivity index is 1.79. The van der Waals surface area contributed by atoms with Crippen LogP contribution in [0.15, 0.2) is 66.7 Å². The number of anilines is 2. The van der Waals surface area contributed by atoms with Crippen LogP contribution in [-0.4, -0.2) is 19.1 Å². The largest absolute Gasteiger partial charge is 0.490 e. The number of nitrogens with two attached hydrogens (primary N) is 1. The SMILES string of the molecule is CCCC(N)(CCC)c1ccc(N/C(=C2\C(=O)Nc3cc(OCC)c(OCC)cc32)c2ccccc2)cc1. The molecular weight excluding hydrogens is 474 g/mol. The number of amides is 1. The molecule has 1 aliphatic rings. The zero-order chi connectivity index (χ0) is 27.1. The first-order valence-electron chi connectivity index (χ1n) is 13.7. The van der Waals surface area contributed by atoms with Gasteiger partial charge in [0.25, 0.3) is 5.91 Å². The van der Waals surface area contributed by atoms with Crippen molar-refractivity contribution in [1.82, 2.24) is 0 Å².